The third-order valence-electron chi connectivity index (χ3n) is 2.85. The molecule has 6 heteroatoms. The van der Waals surface area contributed by atoms with E-state index in [-0.39, 0.29) is 11.8 Å². The van der Waals surface area contributed by atoms with Crippen LogP contribution in [0.5, 0.6) is 0 Å². The number of hydrogen-bond donors (Lipinski definition) is 2. The average Bonchev–Trinajstić information content (AvgIpc) is 2.39. The van der Waals surface area contributed by atoms with Gasteiger partial charge in [0.15, 0.2) is 0 Å². The van der Waals surface area contributed by atoms with E-state index in [9.17, 15) is 14.4 Å². The Morgan fingerprint density at radius 3 is 1.85 bits per heavy atom. The molecule has 20 heavy (non-hydrogen) atoms. The molecule has 6 nitrogen and oxygen atoms in total. The van der Waals surface area contributed by atoms with Gasteiger partial charge in [0.05, 0.1) is 7.11 Å². The van der Waals surface area contributed by atoms with Gasteiger partial charge in [-0.05, 0) is 17.9 Å². The van der Waals surface area contributed by atoms with Gasteiger partial charge in [0.1, 0.15) is 12.1 Å². The normalized spacial score (nSPS) is 13.6. The Bertz CT molecular complexity index is 377. The molecule has 114 valence electrons. The Morgan fingerprint density at radius 2 is 1.50 bits per heavy atom. The average molecular weight is 284 g/mol. The number of rotatable bonds is 7. The number of carbonyl (C=O) groups excluding carboxylic acids is 3. The summed E-state index contributed by atoms with van der Waals surface area (Å²) in [5.74, 6) is -1.60. The summed E-state index contributed by atoms with van der Waals surface area (Å²) in [6.07, 6.45) is 1.10. The van der Waals surface area contributed by atoms with Gasteiger partial charge in [0.2, 0.25) is 11.8 Å². The molecule has 2 atom stereocenters. The molecule has 0 aliphatic rings. The van der Waals surface area contributed by atoms with E-state index in [1.165, 1.54) is 7.11 Å². The van der Waals surface area contributed by atoms with Crippen molar-refractivity contribution in [1.29, 1.82) is 0 Å². The Hall–Kier alpha value is -1.85. The third kappa shape index (κ3) is 5.42. The van der Waals surface area contributed by atoms with Crippen LogP contribution in [0.2, 0.25) is 0 Å². The number of nitrogens with one attached hydrogen (secondary N) is 2. The molecular formula is C14H24N2O4. The van der Waals surface area contributed by atoms with E-state index in [1.807, 2.05) is 0 Å². The van der Waals surface area contributed by atoms with E-state index in [0.29, 0.717) is 0 Å². The fourth-order valence-corrected chi connectivity index (χ4v) is 1.61. The number of carbonyl (C=O) groups is 3. The molecule has 0 radical (unpaired) electrons. The molecule has 0 aromatic rings. The van der Waals surface area contributed by atoms with Crippen LogP contribution in [0.3, 0.4) is 0 Å². The maximum atomic E-state index is 12.2. The molecule has 0 aliphatic carbocycles. The van der Waals surface area contributed by atoms with Crippen LogP contribution >= 0.6 is 0 Å². The lowest BCUT2D eigenvalue weighted by Crippen LogP contribution is -2.54. The number of ether oxygens (including phenoxy) is 1. The maximum Gasteiger partial charge on any atom is 0.328 e. The number of methoxy groups -OCH3 is 1. The van der Waals surface area contributed by atoms with Crippen LogP contribution < -0.4 is 10.6 Å². The van der Waals surface area contributed by atoms with E-state index in [0.717, 1.165) is 6.08 Å². The van der Waals surface area contributed by atoms with Crippen molar-refractivity contribution in [3.05, 3.63) is 12.7 Å². The summed E-state index contributed by atoms with van der Waals surface area (Å²) < 4.78 is 4.66. The molecule has 0 bridgehead atoms. The molecule has 0 rings (SSSR count). The highest BCUT2D eigenvalue weighted by molar-refractivity contribution is 5.94. The fraction of sp³-hybridized carbons (Fsp3) is 0.643. The molecular weight excluding hydrogens is 260 g/mol. The van der Waals surface area contributed by atoms with Crippen molar-refractivity contribution in [2.45, 2.75) is 39.8 Å². The maximum absolute atomic E-state index is 12.2. The molecule has 0 saturated heterocycles. The lowest BCUT2D eigenvalue weighted by Gasteiger charge is -2.25. The molecule has 0 saturated carbocycles. The van der Waals surface area contributed by atoms with Crippen molar-refractivity contribution in [3.8, 4) is 0 Å². The Labute approximate surface area is 119 Å². The van der Waals surface area contributed by atoms with Crippen LogP contribution in [-0.2, 0) is 19.1 Å². The molecule has 2 N–H and O–H groups in total. The minimum absolute atomic E-state index is 0.116. The summed E-state index contributed by atoms with van der Waals surface area (Å²) in [6.45, 7) is 10.5. The van der Waals surface area contributed by atoms with Crippen molar-refractivity contribution in [2.24, 2.45) is 11.8 Å². The summed E-state index contributed by atoms with van der Waals surface area (Å²) in [4.78, 5) is 35.2. The Balaban J connectivity index is 4.93. The number of hydrogen-bond acceptors (Lipinski definition) is 4. The van der Waals surface area contributed by atoms with Gasteiger partial charge in [0, 0.05) is 0 Å². The lowest BCUT2D eigenvalue weighted by molar-refractivity contribution is -0.146. The van der Waals surface area contributed by atoms with Gasteiger partial charge in [-0.3, -0.25) is 9.59 Å². The zero-order valence-electron chi connectivity index (χ0n) is 12.7. The van der Waals surface area contributed by atoms with Crippen molar-refractivity contribution in [3.63, 3.8) is 0 Å². The molecule has 0 heterocycles. The molecule has 0 aromatic heterocycles. The summed E-state index contributed by atoms with van der Waals surface area (Å²) in [5.41, 5.74) is 0. The summed E-state index contributed by atoms with van der Waals surface area (Å²) in [6, 6.07) is -1.47. The minimum Gasteiger partial charge on any atom is -0.467 e. The van der Waals surface area contributed by atoms with Crippen LogP contribution in [0.1, 0.15) is 27.7 Å². The highest BCUT2D eigenvalue weighted by atomic mass is 16.5. The van der Waals surface area contributed by atoms with Gasteiger partial charge in [0.25, 0.3) is 0 Å². The fourth-order valence-electron chi connectivity index (χ4n) is 1.61. The lowest BCUT2D eigenvalue weighted by atomic mass is 10.00. The van der Waals surface area contributed by atoms with Gasteiger partial charge in [-0.1, -0.05) is 34.3 Å². The predicted molar refractivity (Wildman–Crippen MR) is 75.8 cm³/mol. The number of esters is 1. The zero-order valence-corrected chi connectivity index (χ0v) is 12.7. The van der Waals surface area contributed by atoms with Crippen LogP contribution in [-0.4, -0.2) is 37.0 Å². The van der Waals surface area contributed by atoms with E-state index >= 15 is 0 Å². The second kappa shape index (κ2) is 8.35. The van der Waals surface area contributed by atoms with Gasteiger partial charge >= 0.3 is 5.97 Å². The van der Waals surface area contributed by atoms with Crippen molar-refractivity contribution in [2.75, 3.05) is 7.11 Å². The minimum atomic E-state index is -0.741. The van der Waals surface area contributed by atoms with Crippen LogP contribution in [0.25, 0.3) is 0 Å². The van der Waals surface area contributed by atoms with Crippen molar-refractivity contribution in [1.82, 2.24) is 10.6 Å². The van der Waals surface area contributed by atoms with E-state index < -0.39 is 29.9 Å². The zero-order chi connectivity index (χ0) is 15.9. The first-order valence-corrected chi connectivity index (χ1v) is 6.55. The smallest absolute Gasteiger partial charge is 0.328 e. The summed E-state index contributed by atoms with van der Waals surface area (Å²) >= 11 is 0. The quantitative estimate of drug-likeness (QED) is 0.530. The van der Waals surface area contributed by atoms with Gasteiger partial charge in [-0.15, -0.1) is 0 Å². The first-order chi connectivity index (χ1) is 9.24. The predicted octanol–water partition coefficient (Wildman–Crippen LogP) is 0.627. The highest BCUT2D eigenvalue weighted by Gasteiger charge is 2.30. The van der Waals surface area contributed by atoms with Crippen molar-refractivity contribution < 1.29 is 19.1 Å². The largest absolute Gasteiger partial charge is 0.467 e. The summed E-state index contributed by atoms with van der Waals surface area (Å²) in [5, 5.41) is 5.16. The van der Waals surface area contributed by atoms with Crippen molar-refractivity contribution >= 4 is 17.8 Å². The van der Waals surface area contributed by atoms with Crippen LogP contribution in [0, 0.1) is 11.8 Å². The standard InChI is InChI=1S/C14H24N2O4/c1-7-10(17)15-11(8(2)3)13(18)16-12(9(4)5)14(19)20-6/h7-9,11-12H,1H2,2-6H3,(H,15,17)(H,16,18)/t11-,12-/m0/s1. The van der Waals surface area contributed by atoms with E-state index in [2.05, 4.69) is 21.9 Å². The Morgan fingerprint density at radius 1 is 1.00 bits per heavy atom. The first kappa shape index (κ1) is 18.1. The topological polar surface area (TPSA) is 84.5 Å². The molecule has 0 spiro atoms. The Kier molecular flexibility index (Phi) is 7.57. The molecule has 0 fully saturated rings. The van der Waals surface area contributed by atoms with Crippen LogP contribution in [0.15, 0.2) is 12.7 Å². The number of amides is 2. The molecule has 2 amide bonds. The second-order valence-electron chi connectivity index (χ2n) is 5.19. The molecule has 0 aliphatic heterocycles. The monoisotopic (exact) mass is 284 g/mol. The molecule has 0 aromatic carbocycles. The van der Waals surface area contributed by atoms with Gasteiger partial charge in [-0.2, -0.15) is 0 Å². The van der Waals surface area contributed by atoms with Gasteiger partial charge in [-0.25, -0.2) is 4.79 Å². The van der Waals surface area contributed by atoms with E-state index in [4.69, 9.17) is 0 Å². The summed E-state index contributed by atoms with van der Waals surface area (Å²) in [7, 11) is 1.27. The van der Waals surface area contributed by atoms with Gasteiger partial charge < -0.3 is 15.4 Å². The SMILES string of the molecule is C=CC(=O)N[C@H](C(=O)N[C@H](C(=O)OC)C(C)C)C(C)C. The third-order valence-corrected chi connectivity index (χ3v) is 2.85. The first-order valence-electron chi connectivity index (χ1n) is 6.55. The second-order valence-corrected chi connectivity index (χ2v) is 5.19. The highest BCUT2D eigenvalue weighted by Crippen LogP contribution is 2.07. The van der Waals surface area contributed by atoms with E-state index in [1.54, 1.807) is 27.7 Å². The molecule has 0 unspecified atom stereocenters. The van der Waals surface area contributed by atoms with Crippen LogP contribution in [0.4, 0.5) is 0 Å².